The second-order valence-electron chi connectivity index (χ2n) is 5.87. The molecule has 0 bridgehead atoms. The standard InChI is InChI=1S/C16H21N3O2S/c1-13-11-18(2)16(17-13)14-7-6-10-19(12-14)22(20,21)15-8-4-3-5-9-15/h3-5,8-9,11,14H,6-7,10,12H2,1-2H3/t14-/m1/s1. The van der Waals surface area contributed by atoms with Crippen molar-refractivity contribution >= 4 is 10.0 Å². The molecule has 118 valence electrons. The number of aryl methyl sites for hydroxylation is 2. The highest BCUT2D eigenvalue weighted by Crippen LogP contribution is 2.29. The van der Waals surface area contributed by atoms with Gasteiger partial charge in [-0.15, -0.1) is 0 Å². The van der Waals surface area contributed by atoms with Crippen LogP contribution < -0.4 is 0 Å². The lowest BCUT2D eigenvalue weighted by Crippen LogP contribution is -2.39. The summed E-state index contributed by atoms with van der Waals surface area (Å²) >= 11 is 0. The third-order valence-corrected chi connectivity index (χ3v) is 6.04. The Morgan fingerprint density at radius 2 is 1.95 bits per heavy atom. The van der Waals surface area contributed by atoms with Crippen LogP contribution in [0.2, 0.25) is 0 Å². The van der Waals surface area contributed by atoms with Crippen molar-refractivity contribution < 1.29 is 8.42 Å². The van der Waals surface area contributed by atoms with Crippen LogP contribution in [-0.4, -0.2) is 35.4 Å². The summed E-state index contributed by atoms with van der Waals surface area (Å²) in [6, 6.07) is 8.66. The monoisotopic (exact) mass is 319 g/mol. The normalized spacial score (nSPS) is 20.2. The summed E-state index contributed by atoms with van der Waals surface area (Å²) in [6.07, 6.45) is 3.83. The van der Waals surface area contributed by atoms with Crippen molar-refractivity contribution in [1.82, 2.24) is 13.9 Å². The summed E-state index contributed by atoms with van der Waals surface area (Å²) in [7, 11) is -1.44. The van der Waals surface area contributed by atoms with Gasteiger partial charge >= 0.3 is 0 Å². The van der Waals surface area contributed by atoms with Gasteiger partial charge in [-0.1, -0.05) is 18.2 Å². The summed E-state index contributed by atoms with van der Waals surface area (Å²) in [5.74, 6) is 1.14. The third kappa shape index (κ3) is 2.80. The number of benzene rings is 1. The first kappa shape index (κ1) is 15.2. The Morgan fingerprint density at radius 3 is 2.59 bits per heavy atom. The fourth-order valence-corrected chi connectivity index (χ4v) is 4.67. The molecule has 6 heteroatoms. The van der Waals surface area contributed by atoms with Gasteiger partial charge in [0.1, 0.15) is 5.82 Å². The molecular formula is C16H21N3O2S. The number of sulfonamides is 1. The van der Waals surface area contributed by atoms with Crippen LogP contribution in [0.25, 0.3) is 0 Å². The molecule has 1 aliphatic heterocycles. The molecule has 1 aromatic heterocycles. The minimum absolute atomic E-state index is 0.158. The van der Waals surface area contributed by atoms with E-state index in [1.807, 2.05) is 30.8 Å². The Bertz CT molecular complexity index is 753. The summed E-state index contributed by atoms with van der Waals surface area (Å²) in [4.78, 5) is 4.93. The molecule has 1 saturated heterocycles. The molecule has 22 heavy (non-hydrogen) atoms. The van der Waals surface area contributed by atoms with Gasteiger partial charge in [0.2, 0.25) is 10.0 Å². The second-order valence-corrected chi connectivity index (χ2v) is 7.80. The van der Waals surface area contributed by atoms with Crippen molar-refractivity contribution in [2.45, 2.75) is 30.6 Å². The molecule has 2 heterocycles. The van der Waals surface area contributed by atoms with E-state index < -0.39 is 10.0 Å². The molecule has 1 aromatic carbocycles. The lowest BCUT2D eigenvalue weighted by Gasteiger charge is -2.31. The van der Waals surface area contributed by atoms with E-state index >= 15 is 0 Å². The summed E-state index contributed by atoms with van der Waals surface area (Å²) in [5, 5.41) is 0. The molecule has 0 spiro atoms. The minimum Gasteiger partial charge on any atom is -0.337 e. The highest BCUT2D eigenvalue weighted by Gasteiger charge is 2.32. The van der Waals surface area contributed by atoms with E-state index in [-0.39, 0.29) is 5.92 Å². The average molecular weight is 319 g/mol. The Hall–Kier alpha value is -1.66. The van der Waals surface area contributed by atoms with Crippen LogP contribution in [0.5, 0.6) is 0 Å². The fourth-order valence-electron chi connectivity index (χ4n) is 3.13. The van der Waals surface area contributed by atoms with Crippen LogP contribution in [0.4, 0.5) is 0 Å². The molecule has 1 aliphatic rings. The van der Waals surface area contributed by atoms with Gasteiger partial charge in [-0.3, -0.25) is 0 Å². The van der Waals surface area contributed by atoms with Crippen LogP contribution >= 0.6 is 0 Å². The SMILES string of the molecule is Cc1cn(C)c([C@@H]2CCCN(S(=O)(=O)c3ccccc3)C2)n1. The molecule has 0 saturated carbocycles. The topological polar surface area (TPSA) is 55.2 Å². The Kier molecular flexibility index (Phi) is 4.06. The highest BCUT2D eigenvalue weighted by atomic mass is 32.2. The molecule has 3 rings (SSSR count). The zero-order valence-corrected chi connectivity index (χ0v) is 13.8. The number of rotatable bonds is 3. The zero-order valence-electron chi connectivity index (χ0n) is 12.9. The molecular weight excluding hydrogens is 298 g/mol. The van der Waals surface area contributed by atoms with E-state index in [1.54, 1.807) is 28.6 Å². The quantitative estimate of drug-likeness (QED) is 0.872. The van der Waals surface area contributed by atoms with E-state index in [0.29, 0.717) is 18.0 Å². The smallest absolute Gasteiger partial charge is 0.243 e. The van der Waals surface area contributed by atoms with Crippen molar-refractivity contribution in [2.75, 3.05) is 13.1 Å². The first-order valence-corrected chi connectivity index (χ1v) is 8.97. The summed E-state index contributed by atoms with van der Waals surface area (Å²) < 4.78 is 29.1. The number of nitrogens with zero attached hydrogens (tertiary/aromatic N) is 3. The highest BCUT2D eigenvalue weighted by molar-refractivity contribution is 7.89. The van der Waals surface area contributed by atoms with E-state index in [2.05, 4.69) is 4.98 Å². The van der Waals surface area contributed by atoms with Crippen molar-refractivity contribution in [3.8, 4) is 0 Å². The predicted octanol–water partition coefficient (Wildman–Crippen LogP) is 2.30. The summed E-state index contributed by atoms with van der Waals surface area (Å²) in [5.41, 5.74) is 0.973. The molecule has 0 amide bonds. The summed E-state index contributed by atoms with van der Waals surface area (Å²) in [6.45, 7) is 3.05. The van der Waals surface area contributed by atoms with Gasteiger partial charge < -0.3 is 4.57 Å². The maximum absolute atomic E-state index is 12.8. The second kappa shape index (κ2) is 5.85. The average Bonchev–Trinajstić information content (AvgIpc) is 2.87. The Morgan fingerprint density at radius 1 is 1.23 bits per heavy atom. The zero-order chi connectivity index (χ0) is 15.7. The van der Waals surface area contributed by atoms with E-state index in [0.717, 1.165) is 24.4 Å². The maximum atomic E-state index is 12.8. The van der Waals surface area contributed by atoms with Gasteiger partial charge in [-0.05, 0) is 31.9 Å². The Labute approximate surface area is 131 Å². The van der Waals surface area contributed by atoms with Gasteiger partial charge in [0.25, 0.3) is 0 Å². The van der Waals surface area contributed by atoms with Crippen LogP contribution in [0.1, 0.15) is 30.3 Å². The number of imidazole rings is 1. The van der Waals surface area contributed by atoms with E-state index in [9.17, 15) is 8.42 Å². The van der Waals surface area contributed by atoms with Gasteiger partial charge in [-0.2, -0.15) is 4.31 Å². The van der Waals surface area contributed by atoms with Gasteiger partial charge in [-0.25, -0.2) is 13.4 Å². The van der Waals surface area contributed by atoms with E-state index in [1.165, 1.54) is 0 Å². The largest absolute Gasteiger partial charge is 0.337 e. The number of hydrogen-bond donors (Lipinski definition) is 0. The minimum atomic E-state index is -3.41. The maximum Gasteiger partial charge on any atom is 0.243 e. The first-order valence-electron chi connectivity index (χ1n) is 7.53. The molecule has 1 atom stereocenters. The molecule has 5 nitrogen and oxygen atoms in total. The number of piperidine rings is 1. The van der Waals surface area contributed by atoms with E-state index in [4.69, 9.17) is 0 Å². The third-order valence-electron chi connectivity index (χ3n) is 4.16. The Balaban J connectivity index is 1.86. The van der Waals surface area contributed by atoms with Crippen molar-refractivity contribution in [3.63, 3.8) is 0 Å². The molecule has 0 radical (unpaired) electrons. The number of hydrogen-bond acceptors (Lipinski definition) is 3. The first-order chi connectivity index (χ1) is 10.5. The van der Waals surface area contributed by atoms with Gasteiger partial charge in [0.05, 0.1) is 10.6 Å². The van der Waals surface area contributed by atoms with Crippen LogP contribution in [0.3, 0.4) is 0 Å². The predicted molar refractivity (Wildman–Crippen MR) is 85.1 cm³/mol. The lowest BCUT2D eigenvalue weighted by atomic mass is 9.99. The van der Waals surface area contributed by atoms with Crippen molar-refractivity contribution in [2.24, 2.45) is 7.05 Å². The molecule has 1 fully saturated rings. The van der Waals surface area contributed by atoms with Crippen LogP contribution in [-0.2, 0) is 17.1 Å². The van der Waals surface area contributed by atoms with Crippen LogP contribution in [0.15, 0.2) is 41.4 Å². The van der Waals surface area contributed by atoms with Crippen molar-refractivity contribution in [1.29, 1.82) is 0 Å². The number of aromatic nitrogens is 2. The van der Waals surface area contributed by atoms with Gasteiger partial charge in [0, 0.05) is 32.3 Å². The molecule has 0 unspecified atom stereocenters. The van der Waals surface area contributed by atoms with Gasteiger partial charge in [0.15, 0.2) is 0 Å². The molecule has 2 aromatic rings. The fraction of sp³-hybridized carbons (Fsp3) is 0.438. The van der Waals surface area contributed by atoms with Crippen LogP contribution in [0, 0.1) is 6.92 Å². The lowest BCUT2D eigenvalue weighted by molar-refractivity contribution is 0.306. The van der Waals surface area contributed by atoms with Crippen molar-refractivity contribution in [3.05, 3.63) is 48.0 Å². The molecule has 0 aliphatic carbocycles. The molecule has 0 N–H and O–H groups in total.